The van der Waals surface area contributed by atoms with Crippen molar-refractivity contribution in [3.8, 4) is 11.1 Å². The minimum atomic E-state index is -3.83. The first-order valence-corrected chi connectivity index (χ1v) is 13.1. The number of hydrogen-bond acceptors (Lipinski definition) is 5. The first kappa shape index (κ1) is 22.5. The van der Waals surface area contributed by atoms with Crippen molar-refractivity contribution in [2.75, 3.05) is 23.1 Å². The molecule has 0 bridgehead atoms. The van der Waals surface area contributed by atoms with Crippen molar-refractivity contribution in [3.63, 3.8) is 0 Å². The summed E-state index contributed by atoms with van der Waals surface area (Å²) < 4.78 is 33.2. The molecule has 6 nitrogen and oxygen atoms in total. The molecule has 0 aliphatic carbocycles. The summed E-state index contributed by atoms with van der Waals surface area (Å²) in [5.74, 6) is 2.30. The zero-order chi connectivity index (χ0) is 22.7. The molecule has 168 valence electrons. The largest absolute Gasteiger partial charge is 0.468 e. The minimum Gasteiger partial charge on any atom is -0.468 e. The molecular formula is C24H26N2O4S2. The molecule has 1 N–H and O–H groups in total. The molecule has 0 saturated carbocycles. The van der Waals surface area contributed by atoms with E-state index in [-0.39, 0.29) is 17.3 Å². The number of benzene rings is 2. The van der Waals surface area contributed by atoms with E-state index in [2.05, 4.69) is 19.2 Å². The molecule has 2 aromatic carbocycles. The number of amides is 1. The first-order chi connectivity index (χ1) is 15.4. The topological polar surface area (TPSA) is 79.6 Å². The number of furan rings is 1. The third kappa shape index (κ3) is 4.56. The first-order valence-electron chi connectivity index (χ1n) is 10.5. The van der Waals surface area contributed by atoms with Gasteiger partial charge in [0.1, 0.15) is 12.3 Å². The number of carbonyl (C=O) groups excluding carboxylic acids is 1. The Bertz CT molecular complexity index is 1200. The van der Waals surface area contributed by atoms with Crippen molar-refractivity contribution < 1.29 is 17.6 Å². The van der Waals surface area contributed by atoms with Gasteiger partial charge in [-0.15, -0.1) is 0 Å². The third-order valence-corrected chi connectivity index (χ3v) is 8.18. The highest BCUT2D eigenvalue weighted by Crippen LogP contribution is 2.43. The van der Waals surface area contributed by atoms with E-state index in [9.17, 15) is 13.2 Å². The van der Waals surface area contributed by atoms with E-state index in [1.807, 2.05) is 42.5 Å². The molecule has 0 saturated heterocycles. The van der Waals surface area contributed by atoms with Gasteiger partial charge in [-0.25, -0.2) is 8.42 Å². The number of nitrogens with zero attached hydrogens (tertiary/aromatic N) is 1. The van der Waals surface area contributed by atoms with Gasteiger partial charge in [-0.2, -0.15) is 11.8 Å². The van der Waals surface area contributed by atoms with Gasteiger partial charge in [0.05, 0.1) is 22.6 Å². The zero-order valence-corrected chi connectivity index (χ0v) is 19.7. The van der Waals surface area contributed by atoms with Crippen LogP contribution in [-0.4, -0.2) is 33.2 Å². The fourth-order valence-electron chi connectivity index (χ4n) is 3.69. The monoisotopic (exact) mass is 470 g/mol. The second kappa shape index (κ2) is 9.42. The molecule has 8 heteroatoms. The van der Waals surface area contributed by atoms with Crippen LogP contribution in [-0.2, 0) is 20.6 Å². The zero-order valence-electron chi connectivity index (χ0n) is 18.1. The van der Waals surface area contributed by atoms with Gasteiger partial charge in [0.2, 0.25) is 5.91 Å². The van der Waals surface area contributed by atoms with Gasteiger partial charge in [-0.05, 0) is 41.8 Å². The van der Waals surface area contributed by atoms with Crippen LogP contribution in [0.25, 0.3) is 11.1 Å². The van der Waals surface area contributed by atoms with E-state index < -0.39 is 10.0 Å². The minimum absolute atomic E-state index is 0.232. The molecular weight excluding hydrogens is 444 g/mol. The Kier molecular flexibility index (Phi) is 6.62. The van der Waals surface area contributed by atoms with Gasteiger partial charge in [-0.1, -0.05) is 38.1 Å². The van der Waals surface area contributed by atoms with Crippen molar-refractivity contribution in [1.29, 1.82) is 0 Å². The van der Waals surface area contributed by atoms with Crippen molar-refractivity contribution in [3.05, 3.63) is 72.2 Å². The molecule has 0 fully saturated rings. The molecule has 3 aromatic rings. The summed E-state index contributed by atoms with van der Waals surface area (Å²) in [6.07, 6.45) is 1.64. The van der Waals surface area contributed by atoms with Gasteiger partial charge >= 0.3 is 0 Å². The number of fused-ring (bicyclic) bond motifs is 3. The summed E-state index contributed by atoms with van der Waals surface area (Å²) in [6, 6.07) is 16.5. The number of nitrogens with one attached hydrogen (secondary N) is 1. The summed E-state index contributed by atoms with van der Waals surface area (Å²) in [5.41, 5.74) is 3.17. The standard InChI is InChI=1S/C24H26N2O4S2/c1-17(2)18-9-10-22-21(14-18)20-7-3-4-8-23(20)32(28,29)26(22)15-24(27)25-11-13-31-16-19-6-5-12-30-19/h3-10,12,14,17H,11,13,15-16H2,1-2H3,(H,25,27). The fourth-order valence-corrected chi connectivity index (χ4v) is 6.10. The Labute approximate surface area is 193 Å². The summed E-state index contributed by atoms with van der Waals surface area (Å²) in [6.45, 7) is 4.39. The van der Waals surface area contributed by atoms with Crippen LogP contribution in [0, 0.1) is 0 Å². The molecule has 1 aliphatic rings. The van der Waals surface area contributed by atoms with Crippen LogP contribution < -0.4 is 9.62 Å². The molecule has 0 atom stereocenters. The highest BCUT2D eigenvalue weighted by molar-refractivity contribution is 7.98. The van der Waals surface area contributed by atoms with E-state index in [1.165, 1.54) is 4.31 Å². The molecule has 2 heterocycles. The Balaban J connectivity index is 1.50. The molecule has 0 radical (unpaired) electrons. The van der Waals surface area contributed by atoms with E-state index in [0.717, 1.165) is 22.6 Å². The number of anilines is 1. The van der Waals surface area contributed by atoms with Crippen LogP contribution in [0.4, 0.5) is 5.69 Å². The summed E-state index contributed by atoms with van der Waals surface area (Å²) >= 11 is 1.64. The van der Waals surface area contributed by atoms with E-state index in [4.69, 9.17) is 4.42 Å². The Hall–Kier alpha value is -2.71. The summed E-state index contributed by atoms with van der Waals surface area (Å²) in [5, 5.41) is 2.84. The number of thioether (sulfide) groups is 1. The number of hydrogen-bond donors (Lipinski definition) is 1. The lowest BCUT2D eigenvalue weighted by atomic mass is 9.95. The maximum Gasteiger partial charge on any atom is 0.265 e. The highest BCUT2D eigenvalue weighted by Gasteiger charge is 2.36. The maximum absolute atomic E-state index is 13.4. The van der Waals surface area contributed by atoms with Crippen molar-refractivity contribution >= 4 is 33.4 Å². The SMILES string of the molecule is CC(C)c1ccc2c(c1)-c1ccccc1S(=O)(=O)N2CC(=O)NCCSCc1ccco1. The Morgan fingerprint density at radius 3 is 2.66 bits per heavy atom. The maximum atomic E-state index is 13.4. The second-order valence-corrected chi connectivity index (χ2v) is 10.9. The summed E-state index contributed by atoms with van der Waals surface area (Å²) in [7, 11) is -3.83. The lowest BCUT2D eigenvalue weighted by molar-refractivity contribution is -0.119. The van der Waals surface area contributed by atoms with Crippen LogP contribution in [0.15, 0.2) is 70.2 Å². The van der Waals surface area contributed by atoms with Gasteiger partial charge in [-0.3, -0.25) is 9.10 Å². The van der Waals surface area contributed by atoms with Gasteiger partial charge in [0.25, 0.3) is 10.0 Å². The highest BCUT2D eigenvalue weighted by atomic mass is 32.2. The molecule has 1 amide bonds. The van der Waals surface area contributed by atoms with E-state index >= 15 is 0 Å². The van der Waals surface area contributed by atoms with Gasteiger partial charge < -0.3 is 9.73 Å². The smallest absolute Gasteiger partial charge is 0.265 e. The van der Waals surface area contributed by atoms with Crippen LogP contribution in [0.1, 0.15) is 31.1 Å². The fraction of sp³-hybridized carbons (Fsp3) is 0.292. The van der Waals surface area contributed by atoms with Crippen LogP contribution in [0.3, 0.4) is 0 Å². The predicted molar refractivity (Wildman–Crippen MR) is 128 cm³/mol. The van der Waals surface area contributed by atoms with Crippen LogP contribution in [0.2, 0.25) is 0 Å². The average molecular weight is 471 g/mol. The van der Waals surface area contributed by atoms with E-state index in [1.54, 1.807) is 30.2 Å². The molecule has 1 aromatic heterocycles. The Morgan fingerprint density at radius 1 is 1.09 bits per heavy atom. The van der Waals surface area contributed by atoms with Crippen molar-refractivity contribution in [1.82, 2.24) is 5.32 Å². The molecule has 1 aliphatic heterocycles. The summed E-state index contributed by atoms with van der Waals surface area (Å²) in [4.78, 5) is 12.9. The normalized spacial score (nSPS) is 14.2. The molecule has 0 spiro atoms. The predicted octanol–water partition coefficient (Wildman–Crippen LogP) is 4.63. The molecule has 0 unspecified atom stereocenters. The third-order valence-electron chi connectivity index (χ3n) is 5.38. The number of rotatable bonds is 8. The van der Waals surface area contributed by atoms with Crippen LogP contribution in [0.5, 0.6) is 0 Å². The number of carbonyl (C=O) groups is 1. The quantitative estimate of drug-likeness (QED) is 0.486. The van der Waals surface area contributed by atoms with Crippen LogP contribution >= 0.6 is 11.8 Å². The van der Waals surface area contributed by atoms with Gasteiger partial charge in [0.15, 0.2) is 0 Å². The second-order valence-electron chi connectivity index (χ2n) is 7.92. The lowest BCUT2D eigenvalue weighted by Crippen LogP contribution is -2.43. The van der Waals surface area contributed by atoms with Crippen molar-refractivity contribution in [2.45, 2.75) is 30.4 Å². The van der Waals surface area contributed by atoms with Gasteiger partial charge in [0, 0.05) is 23.4 Å². The average Bonchev–Trinajstić information content (AvgIpc) is 3.30. The number of sulfonamides is 1. The molecule has 32 heavy (non-hydrogen) atoms. The Morgan fingerprint density at radius 2 is 1.91 bits per heavy atom. The van der Waals surface area contributed by atoms with E-state index in [0.29, 0.717) is 29.5 Å². The lowest BCUT2D eigenvalue weighted by Gasteiger charge is -2.32. The van der Waals surface area contributed by atoms with Crippen molar-refractivity contribution in [2.24, 2.45) is 0 Å². The molecule has 4 rings (SSSR count).